The van der Waals surface area contributed by atoms with Crippen LogP contribution in [0, 0.1) is 0 Å². The predicted octanol–water partition coefficient (Wildman–Crippen LogP) is 1.88. The van der Waals surface area contributed by atoms with Gasteiger partial charge in [-0.2, -0.15) is 4.98 Å². The maximum atomic E-state index is 12.4. The second-order valence-corrected chi connectivity index (χ2v) is 8.18. The Morgan fingerprint density at radius 1 is 1.03 bits per heavy atom. The van der Waals surface area contributed by atoms with Crippen LogP contribution in [0.5, 0.6) is 0 Å². The molecule has 8 nitrogen and oxygen atoms in total. The fourth-order valence-electron chi connectivity index (χ4n) is 4.67. The van der Waals surface area contributed by atoms with Crippen LogP contribution in [0.4, 0.5) is 16.6 Å². The molecule has 3 saturated heterocycles. The summed E-state index contributed by atoms with van der Waals surface area (Å²) in [6.45, 7) is 5.07. The lowest BCUT2D eigenvalue weighted by Crippen LogP contribution is -2.53. The predicted molar refractivity (Wildman–Crippen MR) is 115 cm³/mol. The number of nitrogens with zero attached hydrogens (tertiary/aromatic N) is 5. The Kier molecular flexibility index (Phi) is 5.40. The Morgan fingerprint density at radius 2 is 1.77 bits per heavy atom. The number of anilines is 2. The molecule has 0 radical (unpaired) electrons. The molecule has 3 aliphatic heterocycles. The summed E-state index contributed by atoms with van der Waals surface area (Å²) in [5.74, 6) is 1.78. The number of ether oxygens (including phenoxy) is 1. The van der Waals surface area contributed by atoms with E-state index in [-0.39, 0.29) is 6.09 Å². The molecule has 2 atom stereocenters. The lowest BCUT2D eigenvalue weighted by molar-refractivity contribution is 0.0941. The molecule has 0 unspecified atom stereocenters. The van der Waals surface area contributed by atoms with Crippen LogP contribution >= 0.6 is 0 Å². The van der Waals surface area contributed by atoms with Crippen molar-refractivity contribution >= 4 is 17.9 Å². The summed E-state index contributed by atoms with van der Waals surface area (Å²) in [6, 6.07) is 12.7. The van der Waals surface area contributed by atoms with Crippen LogP contribution in [0.25, 0.3) is 0 Å². The molecule has 1 aromatic carbocycles. The summed E-state index contributed by atoms with van der Waals surface area (Å²) < 4.78 is 5.47. The van der Waals surface area contributed by atoms with Gasteiger partial charge in [-0.3, -0.25) is 0 Å². The Bertz CT molecular complexity index is 855. The second kappa shape index (κ2) is 8.47. The number of hydrogen-bond donors (Lipinski definition) is 1. The number of rotatable bonds is 4. The number of carbonyl (C=O) groups is 1. The molecule has 4 heterocycles. The Morgan fingerprint density at radius 3 is 2.50 bits per heavy atom. The molecule has 2 aromatic rings. The first-order valence-corrected chi connectivity index (χ1v) is 10.8. The quantitative estimate of drug-likeness (QED) is 0.828. The van der Waals surface area contributed by atoms with Crippen molar-refractivity contribution in [2.75, 3.05) is 49.1 Å². The van der Waals surface area contributed by atoms with Crippen molar-refractivity contribution in [1.82, 2.24) is 20.2 Å². The highest BCUT2D eigenvalue weighted by Crippen LogP contribution is 2.30. The van der Waals surface area contributed by atoms with Crippen molar-refractivity contribution in [1.29, 1.82) is 0 Å². The number of amides is 1. The van der Waals surface area contributed by atoms with Crippen molar-refractivity contribution in [3.8, 4) is 0 Å². The van der Waals surface area contributed by atoms with Gasteiger partial charge in [0.15, 0.2) is 0 Å². The molecular weight excluding hydrogens is 380 g/mol. The van der Waals surface area contributed by atoms with E-state index in [1.165, 1.54) is 12.8 Å². The summed E-state index contributed by atoms with van der Waals surface area (Å²) in [6.07, 6.45) is 4.02. The molecule has 0 aliphatic carbocycles. The zero-order valence-electron chi connectivity index (χ0n) is 17.1. The van der Waals surface area contributed by atoms with E-state index in [0.29, 0.717) is 31.8 Å². The standard InChI is InChI=1S/C22H28N6O2/c29-22(30-16-17-4-2-1-3-5-17)27-12-10-26(11-13-27)20-8-9-24-21(25-20)28-18-6-7-19(28)15-23-14-18/h1-5,8-9,18-19,23H,6-7,10-16H2/t18-,19+. The van der Waals surface area contributed by atoms with E-state index in [1.54, 1.807) is 4.90 Å². The lowest BCUT2D eigenvalue weighted by atomic mass is 10.2. The van der Waals surface area contributed by atoms with Gasteiger partial charge in [0.05, 0.1) is 0 Å². The minimum atomic E-state index is -0.251. The highest BCUT2D eigenvalue weighted by molar-refractivity contribution is 5.68. The van der Waals surface area contributed by atoms with Crippen molar-refractivity contribution in [3.05, 3.63) is 48.2 Å². The van der Waals surface area contributed by atoms with E-state index in [0.717, 1.165) is 43.5 Å². The Hall–Kier alpha value is -2.87. The minimum absolute atomic E-state index is 0.251. The molecule has 30 heavy (non-hydrogen) atoms. The van der Waals surface area contributed by atoms with Gasteiger partial charge in [0, 0.05) is 57.5 Å². The lowest BCUT2D eigenvalue weighted by Gasteiger charge is -2.37. The fourth-order valence-corrected chi connectivity index (χ4v) is 4.67. The highest BCUT2D eigenvalue weighted by atomic mass is 16.6. The average molecular weight is 409 g/mol. The molecule has 158 valence electrons. The van der Waals surface area contributed by atoms with E-state index < -0.39 is 0 Å². The summed E-state index contributed by atoms with van der Waals surface area (Å²) in [5.41, 5.74) is 1.000. The van der Waals surface area contributed by atoms with Gasteiger partial charge >= 0.3 is 6.09 Å². The Balaban J connectivity index is 1.17. The molecule has 1 amide bonds. The third-order valence-electron chi connectivity index (χ3n) is 6.31. The molecule has 5 rings (SSSR count). The maximum Gasteiger partial charge on any atom is 0.410 e. The van der Waals surface area contributed by atoms with Gasteiger partial charge in [0.25, 0.3) is 0 Å². The smallest absolute Gasteiger partial charge is 0.410 e. The molecule has 2 bridgehead atoms. The maximum absolute atomic E-state index is 12.4. The van der Waals surface area contributed by atoms with Gasteiger partial charge in [-0.1, -0.05) is 30.3 Å². The number of nitrogens with one attached hydrogen (secondary N) is 1. The van der Waals surface area contributed by atoms with E-state index in [4.69, 9.17) is 9.72 Å². The largest absolute Gasteiger partial charge is 0.445 e. The number of hydrogen-bond acceptors (Lipinski definition) is 7. The summed E-state index contributed by atoms with van der Waals surface area (Å²) in [5, 5.41) is 3.50. The molecular formula is C22H28N6O2. The molecule has 3 aliphatic rings. The van der Waals surface area contributed by atoms with E-state index in [2.05, 4.69) is 20.1 Å². The second-order valence-electron chi connectivity index (χ2n) is 8.18. The van der Waals surface area contributed by atoms with Crippen LogP contribution in [0.3, 0.4) is 0 Å². The number of carbonyl (C=O) groups excluding carboxylic acids is 1. The van der Waals surface area contributed by atoms with Crippen LogP contribution in [0.15, 0.2) is 42.6 Å². The zero-order valence-corrected chi connectivity index (χ0v) is 17.1. The molecule has 3 fully saturated rings. The molecule has 1 N–H and O–H groups in total. The third kappa shape index (κ3) is 3.92. The number of fused-ring (bicyclic) bond motifs is 2. The number of benzene rings is 1. The molecule has 8 heteroatoms. The van der Waals surface area contributed by atoms with Crippen molar-refractivity contribution in [2.24, 2.45) is 0 Å². The molecule has 1 aromatic heterocycles. The molecule has 0 saturated carbocycles. The van der Waals surface area contributed by atoms with Gasteiger partial charge < -0.3 is 24.8 Å². The van der Waals surface area contributed by atoms with Gasteiger partial charge in [0.2, 0.25) is 5.95 Å². The van der Waals surface area contributed by atoms with Gasteiger partial charge in [-0.05, 0) is 24.5 Å². The van der Waals surface area contributed by atoms with Crippen molar-refractivity contribution in [2.45, 2.75) is 31.5 Å². The van der Waals surface area contributed by atoms with Crippen LogP contribution in [0.1, 0.15) is 18.4 Å². The zero-order chi connectivity index (χ0) is 20.3. The van der Waals surface area contributed by atoms with E-state index in [1.807, 2.05) is 42.6 Å². The summed E-state index contributed by atoms with van der Waals surface area (Å²) in [7, 11) is 0. The van der Waals surface area contributed by atoms with E-state index in [9.17, 15) is 4.79 Å². The number of piperazine rings is 2. The minimum Gasteiger partial charge on any atom is -0.445 e. The first-order valence-electron chi connectivity index (χ1n) is 10.8. The summed E-state index contributed by atoms with van der Waals surface area (Å²) in [4.78, 5) is 28.3. The van der Waals surface area contributed by atoms with Crippen molar-refractivity contribution in [3.63, 3.8) is 0 Å². The van der Waals surface area contributed by atoms with Crippen LogP contribution in [-0.2, 0) is 11.3 Å². The Labute approximate surface area is 176 Å². The molecule has 0 spiro atoms. The SMILES string of the molecule is O=C(OCc1ccccc1)N1CCN(c2ccnc(N3[C@@H]4CC[C@H]3CNC4)n2)CC1. The van der Waals surface area contributed by atoms with E-state index >= 15 is 0 Å². The van der Waals surface area contributed by atoms with Gasteiger partial charge in [-0.25, -0.2) is 9.78 Å². The summed E-state index contributed by atoms with van der Waals surface area (Å²) >= 11 is 0. The van der Waals surface area contributed by atoms with Crippen LogP contribution in [0.2, 0.25) is 0 Å². The number of aromatic nitrogens is 2. The average Bonchev–Trinajstić information content (AvgIpc) is 3.06. The van der Waals surface area contributed by atoms with Crippen LogP contribution in [-0.4, -0.2) is 72.3 Å². The normalized spacial score (nSPS) is 23.5. The van der Waals surface area contributed by atoms with Gasteiger partial charge in [-0.15, -0.1) is 0 Å². The van der Waals surface area contributed by atoms with Crippen LogP contribution < -0.4 is 15.1 Å². The topological polar surface area (TPSA) is 73.8 Å². The monoisotopic (exact) mass is 408 g/mol. The fraction of sp³-hybridized carbons (Fsp3) is 0.500. The van der Waals surface area contributed by atoms with Gasteiger partial charge in [0.1, 0.15) is 12.4 Å². The highest BCUT2D eigenvalue weighted by Gasteiger charge is 2.38. The third-order valence-corrected chi connectivity index (χ3v) is 6.31. The first-order chi connectivity index (χ1) is 14.8. The first kappa shape index (κ1) is 19.1. The van der Waals surface area contributed by atoms with Crippen molar-refractivity contribution < 1.29 is 9.53 Å².